The standard InChI is InChI=1S/C26H38N4O4S/c1-6-21(3)27-26(32)24(7-2)29(19-18-22-14-10-8-11-15-22)25(31)20-30(35(33,34)28(4)5)23-16-12-9-13-17-23/h8-17,21,24H,6-7,18-20H2,1-5H3,(H,27,32)/t21-,24+/m0/s1. The van der Waals surface area contributed by atoms with Gasteiger partial charge in [0.25, 0.3) is 0 Å². The molecule has 0 fully saturated rings. The van der Waals surface area contributed by atoms with E-state index in [0.29, 0.717) is 25.1 Å². The summed E-state index contributed by atoms with van der Waals surface area (Å²) in [4.78, 5) is 28.3. The third kappa shape index (κ3) is 7.80. The van der Waals surface area contributed by atoms with Crippen molar-refractivity contribution in [3.63, 3.8) is 0 Å². The molecule has 0 aliphatic rings. The van der Waals surface area contributed by atoms with Gasteiger partial charge in [-0.1, -0.05) is 62.4 Å². The van der Waals surface area contributed by atoms with Crippen LogP contribution in [0.2, 0.25) is 0 Å². The summed E-state index contributed by atoms with van der Waals surface area (Å²) < 4.78 is 28.4. The van der Waals surface area contributed by atoms with Crippen LogP contribution in [-0.4, -0.2) is 68.7 Å². The van der Waals surface area contributed by atoms with Gasteiger partial charge in [-0.15, -0.1) is 0 Å². The largest absolute Gasteiger partial charge is 0.352 e. The zero-order valence-electron chi connectivity index (χ0n) is 21.3. The maximum absolute atomic E-state index is 13.7. The van der Waals surface area contributed by atoms with Crippen molar-refractivity contribution in [2.45, 2.75) is 52.1 Å². The van der Waals surface area contributed by atoms with E-state index in [0.717, 1.165) is 20.6 Å². The monoisotopic (exact) mass is 502 g/mol. The number of rotatable bonds is 13. The molecule has 0 aliphatic heterocycles. The van der Waals surface area contributed by atoms with Gasteiger partial charge in [-0.05, 0) is 43.9 Å². The summed E-state index contributed by atoms with van der Waals surface area (Å²) in [6, 6.07) is 17.5. The first-order valence-electron chi connectivity index (χ1n) is 12.0. The van der Waals surface area contributed by atoms with E-state index in [4.69, 9.17) is 0 Å². The molecule has 0 aromatic heterocycles. The van der Waals surface area contributed by atoms with Crippen LogP contribution < -0.4 is 9.62 Å². The lowest BCUT2D eigenvalue weighted by molar-refractivity contribution is -0.139. The molecule has 2 rings (SSSR count). The third-order valence-electron chi connectivity index (χ3n) is 5.93. The molecule has 2 amide bonds. The minimum absolute atomic E-state index is 0.0300. The second-order valence-corrected chi connectivity index (χ2v) is 10.8. The lowest BCUT2D eigenvalue weighted by atomic mass is 10.1. The average molecular weight is 503 g/mol. The summed E-state index contributed by atoms with van der Waals surface area (Å²) in [6.45, 7) is 5.64. The van der Waals surface area contributed by atoms with Crippen LogP contribution in [0.3, 0.4) is 0 Å². The van der Waals surface area contributed by atoms with Crippen molar-refractivity contribution < 1.29 is 18.0 Å². The minimum atomic E-state index is -3.94. The molecule has 0 radical (unpaired) electrons. The smallest absolute Gasteiger partial charge is 0.304 e. The van der Waals surface area contributed by atoms with E-state index in [9.17, 15) is 18.0 Å². The van der Waals surface area contributed by atoms with Crippen LogP contribution in [0.1, 0.15) is 39.2 Å². The van der Waals surface area contributed by atoms with E-state index in [1.807, 2.05) is 51.1 Å². The highest BCUT2D eigenvalue weighted by Crippen LogP contribution is 2.20. The Balaban J connectivity index is 2.39. The molecule has 192 valence electrons. The van der Waals surface area contributed by atoms with E-state index in [1.165, 1.54) is 19.0 Å². The molecule has 1 N–H and O–H groups in total. The van der Waals surface area contributed by atoms with E-state index in [1.54, 1.807) is 30.3 Å². The van der Waals surface area contributed by atoms with Crippen molar-refractivity contribution in [1.29, 1.82) is 0 Å². The number of carbonyl (C=O) groups excluding carboxylic acids is 2. The lowest BCUT2D eigenvalue weighted by Crippen LogP contribution is -2.55. The van der Waals surface area contributed by atoms with Crippen LogP contribution in [0, 0.1) is 0 Å². The van der Waals surface area contributed by atoms with Crippen LogP contribution in [0.15, 0.2) is 60.7 Å². The Bertz CT molecular complexity index is 1050. The van der Waals surface area contributed by atoms with Crippen molar-refractivity contribution in [2.24, 2.45) is 0 Å². The van der Waals surface area contributed by atoms with Crippen molar-refractivity contribution in [1.82, 2.24) is 14.5 Å². The predicted molar refractivity (Wildman–Crippen MR) is 140 cm³/mol. The summed E-state index contributed by atoms with van der Waals surface area (Å²) in [6.07, 6.45) is 1.73. The Morgan fingerprint density at radius 3 is 2.00 bits per heavy atom. The summed E-state index contributed by atoms with van der Waals surface area (Å²) in [5.41, 5.74) is 1.41. The first kappa shape index (κ1) is 28.3. The molecule has 0 saturated carbocycles. The van der Waals surface area contributed by atoms with E-state index < -0.39 is 28.7 Å². The van der Waals surface area contributed by atoms with Crippen LogP contribution >= 0.6 is 0 Å². The fraction of sp³-hybridized carbons (Fsp3) is 0.462. The topological polar surface area (TPSA) is 90.0 Å². The van der Waals surface area contributed by atoms with E-state index in [2.05, 4.69) is 5.32 Å². The SMILES string of the molecule is CC[C@H](C(=O)N[C@@H](C)CC)N(CCc1ccccc1)C(=O)CN(c1ccccc1)S(=O)(=O)N(C)C. The van der Waals surface area contributed by atoms with Crippen LogP contribution in [0.4, 0.5) is 5.69 Å². The highest BCUT2D eigenvalue weighted by atomic mass is 32.2. The molecular weight excluding hydrogens is 464 g/mol. The average Bonchev–Trinajstić information content (AvgIpc) is 2.85. The molecule has 0 bridgehead atoms. The van der Waals surface area contributed by atoms with Gasteiger partial charge in [0, 0.05) is 26.7 Å². The van der Waals surface area contributed by atoms with Gasteiger partial charge in [-0.3, -0.25) is 9.59 Å². The van der Waals surface area contributed by atoms with Crippen LogP contribution in [-0.2, 0) is 26.2 Å². The molecule has 0 spiro atoms. The Kier molecular flexibility index (Phi) is 10.7. The quantitative estimate of drug-likeness (QED) is 0.456. The Hall–Kier alpha value is -2.91. The first-order valence-corrected chi connectivity index (χ1v) is 13.4. The number of hydrogen-bond acceptors (Lipinski definition) is 4. The van der Waals surface area contributed by atoms with Crippen LogP contribution in [0.25, 0.3) is 0 Å². The molecule has 0 saturated heterocycles. The molecule has 0 heterocycles. The molecule has 2 aromatic carbocycles. The molecule has 35 heavy (non-hydrogen) atoms. The third-order valence-corrected chi connectivity index (χ3v) is 7.75. The van der Waals surface area contributed by atoms with E-state index >= 15 is 0 Å². The van der Waals surface area contributed by atoms with Crippen molar-refractivity contribution in [3.8, 4) is 0 Å². The first-order chi connectivity index (χ1) is 16.6. The summed E-state index contributed by atoms with van der Waals surface area (Å²) in [7, 11) is -1.09. The Morgan fingerprint density at radius 2 is 1.49 bits per heavy atom. The maximum atomic E-state index is 13.7. The molecule has 2 atom stereocenters. The summed E-state index contributed by atoms with van der Waals surface area (Å²) in [5, 5.41) is 2.97. The zero-order valence-corrected chi connectivity index (χ0v) is 22.2. The molecule has 9 heteroatoms. The highest BCUT2D eigenvalue weighted by Gasteiger charge is 2.33. The second-order valence-electron chi connectivity index (χ2n) is 8.70. The molecule has 0 unspecified atom stereocenters. The van der Waals surface area contributed by atoms with Gasteiger partial charge in [-0.25, -0.2) is 4.31 Å². The highest BCUT2D eigenvalue weighted by molar-refractivity contribution is 7.90. The number of amides is 2. The Morgan fingerprint density at radius 1 is 0.914 bits per heavy atom. The fourth-order valence-corrected chi connectivity index (χ4v) is 4.70. The maximum Gasteiger partial charge on any atom is 0.304 e. The number of carbonyl (C=O) groups is 2. The van der Waals surface area contributed by atoms with E-state index in [-0.39, 0.29) is 11.9 Å². The summed E-state index contributed by atoms with van der Waals surface area (Å²) in [5.74, 6) is -0.661. The number of nitrogens with one attached hydrogen (secondary N) is 1. The van der Waals surface area contributed by atoms with Gasteiger partial charge >= 0.3 is 10.2 Å². The zero-order chi connectivity index (χ0) is 26.0. The Labute approximate surface area is 210 Å². The molecular formula is C26H38N4O4S. The second kappa shape index (κ2) is 13.3. The normalized spacial score (nSPS) is 13.2. The number of nitrogens with zero attached hydrogens (tertiary/aromatic N) is 3. The predicted octanol–water partition coefficient (Wildman–Crippen LogP) is 3.06. The fourth-order valence-electron chi connectivity index (χ4n) is 3.65. The van der Waals surface area contributed by atoms with Gasteiger partial charge in [0.15, 0.2) is 0 Å². The molecule has 2 aromatic rings. The van der Waals surface area contributed by atoms with Gasteiger partial charge in [0.2, 0.25) is 11.8 Å². The van der Waals surface area contributed by atoms with Crippen molar-refractivity contribution in [2.75, 3.05) is 31.5 Å². The van der Waals surface area contributed by atoms with Gasteiger partial charge in [0.05, 0.1) is 5.69 Å². The van der Waals surface area contributed by atoms with Crippen molar-refractivity contribution >= 4 is 27.7 Å². The van der Waals surface area contributed by atoms with Gasteiger partial charge in [0.1, 0.15) is 12.6 Å². The minimum Gasteiger partial charge on any atom is -0.352 e. The number of hydrogen-bond donors (Lipinski definition) is 1. The number of benzene rings is 2. The summed E-state index contributed by atoms with van der Waals surface area (Å²) >= 11 is 0. The number of anilines is 1. The molecule has 8 nitrogen and oxygen atoms in total. The number of para-hydroxylation sites is 1. The van der Waals surface area contributed by atoms with Gasteiger partial charge in [-0.2, -0.15) is 12.7 Å². The molecule has 0 aliphatic carbocycles. The van der Waals surface area contributed by atoms with Crippen LogP contribution in [0.5, 0.6) is 0 Å². The lowest BCUT2D eigenvalue weighted by Gasteiger charge is -2.34. The van der Waals surface area contributed by atoms with Crippen molar-refractivity contribution in [3.05, 3.63) is 66.2 Å². The van der Waals surface area contributed by atoms with Gasteiger partial charge < -0.3 is 10.2 Å².